The van der Waals surface area contributed by atoms with Crippen molar-refractivity contribution >= 4 is 22.9 Å². The van der Waals surface area contributed by atoms with Gasteiger partial charge in [-0.15, -0.1) is 0 Å². The third-order valence-corrected chi connectivity index (χ3v) is 4.91. The Morgan fingerprint density at radius 1 is 0.857 bits per heavy atom. The Labute approximate surface area is 161 Å². The van der Waals surface area contributed by atoms with Crippen LogP contribution in [0.15, 0.2) is 66.7 Å². The first-order valence-corrected chi connectivity index (χ1v) is 8.79. The van der Waals surface area contributed by atoms with Crippen molar-refractivity contribution in [2.75, 3.05) is 5.32 Å². The lowest BCUT2D eigenvalue weighted by molar-refractivity contribution is -0.384. The van der Waals surface area contributed by atoms with E-state index in [-0.39, 0.29) is 40.0 Å². The second-order valence-electron chi connectivity index (χ2n) is 6.65. The van der Waals surface area contributed by atoms with Crippen LogP contribution in [0.25, 0.3) is 0 Å². The first-order valence-electron chi connectivity index (χ1n) is 8.79. The maximum absolute atomic E-state index is 13.1. The number of nitro groups is 1. The smallest absolute Gasteiger partial charge is 0.270 e. The zero-order chi connectivity index (χ0) is 19.8. The number of anilines is 1. The lowest BCUT2D eigenvalue weighted by atomic mass is 9.83. The number of nitro benzene ring substituents is 1. The van der Waals surface area contributed by atoms with Gasteiger partial charge in [0.05, 0.1) is 10.5 Å². The lowest BCUT2D eigenvalue weighted by Gasteiger charge is -2.23. The molecule has 0 heterocycles. The monoisotopic (exact) mass is 372 g/mol. The van der Waals surface area contributed by atoms with Crippen molar-refractivity contribution in [3.8, 4) is 0 Å². The minimum atomic E-state index is -0.576. The Bertz CT molecular complexity index is 1120. The summed E-state index contributed by atoms with van der Waals surface area (Å²) >= 11 is 0. The van der Waals surface area contributed by atoms with E-state index in [1.807, 2.05) is 37.3 Å². The Hall–Kier alpha value is -3.80. The first kappa shape index (κ1) is 17.6. The van der Waals surface area contributed by atoms with E-state index in [1.165, 1.54) is 18.2 Å². The van der Waals surface area contributed by atoms with Crippen LogP contribution in [0.5, 0.6) is 0 Å². The van der Waals surface area contributed by atoms with Gasteiger partial charge in [0.1, 0.15) is 0 Å². The third kappa shape index (κ3) is 2.85. The largest absolute Gasteiger partial charge is 0.378 e. The standard InChI is InChI=1S/C22H16N2O4/c1-13(14-6-3-2-4-7-14)23-19-9-5-8-17-20(19)22(26)16-11-10-15(24(27)28)12-18(16)21(17)25/h2-13,23H,1H3. The van der Waals surface area contributed by atoms with E-state index in [0.717, 1.165) is 5.56 Å². The topological polar surface area (TPSA) is 89.3 Å². The summed E-state index contributed by atoms with van der Waals surface area (Å²) in [6, 6.07) is 18.5. The van der Waals surface area contributed by atoms with Gasteiger partial charge in [0.25, 0.3) is 5.69 Å². The molecule has 0 aromatic heterocycles. The Morgan fingerprint density at radius 3 is 2.32 bits per heavy atom. The van der Waals surface area contributed by atoms with Gasteiger partial charge in [-0.2, -0.15) is 0 Å². The fourth-order valence-electron chi connectivity index (χ4n) is 3.48. The molecule has 1 N–H and O–H groups in total. The van der Waals surface area contributed by atoms with Crippen molar-refractivity contribution in [1.29, 1.82) is 0 Å². The molecule has 3 aromatic carbocycles. The zero-order valence-corrected chi connectivity index (χ0v) is 15.0. The molecule has 0 aliphatic heterocycles. The highest BCUT2D eigenvalue weighted by molar-refractivity contribution is 6.30. The number of carbonyl (C=O) groups is 2. The van der Waals surface area contributed by atoms with E-state index in [2.05, 4.69) is 5.32 Å². The normalized spacial score (nSPS) is 13.5. The van der Waals surface area contributed by atoms with Gasteiger partial charge in [0.2, 0.25) is 0 Å². The molecule has 138 valence electrons. The highest BCUT2D eigenvalue weighted by atomic mass is 16.6. The van der Waals surface area contributed by atoms with Gasteiger partial charge in [-0.1, -0.05) is 42.5 Å². The lowest BCUT2D eigenvalue weighted by Crippen LogP contribution is -2.23. The number of hydrogen-bond donors (Lipinski definition) is 1. The molecule has 6 heteroatoms. The van der Waals surface area contributed by atoms with Crippen LogP contribution in [0.2, 0.25) is 0 Å². The summed E-state index contributed by atoms with van der Waals surface area (Å²) in [5.74, 6) is -0.702. The van der Waals surface area contributed by atoms with E-state index in [1.54, 1.807) is 18.2 Å². The molecule has 4 rings (SSSR count). The summed E-state index contributed by atoms with van der Waals surface area (Å²) in [7, 11) is 0. The minimum Gasteiger partial charge on any atom is -0.378 e. The molecule has 3 aromatic rings. The van der Waals surface area contributed by atoms with E-state index in [4.69, 9.17) is 0 Å². The van der Waals surface area contributed by atoms with Crippen LogP contribution in [0.1, 0.15) is 50.4 Å². The first-order chi connectivity index (χ1) is 13.5. The van der Waals surface area contributed by atoms with Crippen molar-refractivity contribution in [2.45, 2.75) is 13.0 Å². The molecule has 1 atom stereocenters. The van der Waals surface area contributed by atoms with Crippen LogP contribution in [0.4, 0.5) is 11.4 Å². The summed E-state index contributed by atoms with van der Waals surface area (Å²) in [5.41, 5.74) is 2.21. The molecule has 0 spiro atoms. The number of ketones is 2. The third-order valence-electron chi connectivity index (χ3n) is 4.91. The number of carbonyl (C=O) groups excluding carboxylic acids is 2. The Balaban J connectivity index is 1.77. The average molecular weight is 372 g/mol. The fraction of sp³-hybridized carbons (Fsp3) is 0.0909. The summed E-state index contributed by atoms with van der Waals surface area (Å²) < 4.78 is 0. The molecule has 0 radical (unpaired) electrons. The van der Waals surface area contributed by atoms with Gasteiger partial charge in [-0.3, -0.25) is 19.7 Å². The second kappa shape index (κ2) is 6.74. The van der Waals surface area contributed by atoms with Gasteiger partial charge >= 0.3 is 0 Å². The van der Waals surface area contributed by atoms with Crippen molar-refractivity contribution in [1.82, 2.24) is 0 Å². The number of nitrogens with one attached hydrogen (secondary N) is 1. The van der Waals surface area contributed by atoms with Crippen molar-refractivity contribution in [2.24, 2.45) is 0 Å². The molecule has 0 amide bonds. The van der Waals surface area contributed by atoms with Crippen LogP contribution in [-0.4, -0.2) is 16.5 Å². The molecule has 1 aliphatic rings. The molecule has 0 saturated heterocycles. The molecular weight excluding hydrogens is 356 g/mol. The Morgan fingerprint density at radius 2 is 1.61 bits per heavy atom. The quantitative estimate of drug-likeness (QED) is 0.419. The predicted molar refractivity (Wildman–Crippen MR) is 105 cm³/mol. The fourth-order valence-corrected chi connectivity index (χ4v) is 3.48. The number of fused-ring (bicyclic) bond motifs is 2. The van der Waals surface area contributed by atoms with Crippen molar-refractivity contribution in [3.63, 3.8) is 0 Å². The highest BCUT2D eigenvalue weighted by Crippen LogP contribution is 2.34. The summed E-state index contributed by atoms with van der Waals surface area (Å²) in [6.07, 6.45) is 0. The molecule has 6 nitrogen and oxygen atoms in total. The van der Waals surface area contributed by atoms with E-state index in [9.17, 15) is 19.7 Å². The zero-order valence-electron chi connectivity index (χ0n) is 15.0. The molecule has 0 bridgehead atoms. The van der Waals surface area contributed by atoms with Crippen LogP contribution in [0, 0.1) is 10.1 Å². The SMILES string of the molecule is CC(Nc1cccc2c1C(=O)c1ccc([N+](=O)[O-])cc1C2=O)c1ccccc1. The maximum atomic E-state index is 13.1. The molecular formula is C22H16N2O4. The number of rotatable bonds is 4. The number of hydrogen-bond acceptors (Lipinski definition) is 5. The van der Waals surface area contributed by atoms with Gasteiger partial charge in [-0.25, -0.2) is 0 Å². The Kier molecular flexibility index (Phi) is 4.24. The summed E-state index contributed by atoms with van der Waals surface area (Å²) in [5, 5.41) is 14.3. The van der Waals surface area contributed by atoms with E-state index >= 15 is 0 Å². The molecule has 0 saturated carbocycles. The van der Waals surface area contributed by atoms with E-state index < -0.39 is 4.92 Å². The van der Waals surface area contributed by atoms with Crippen LogP contribution >= 0.6 is 0 Å². The minimum absolute atomic E-state index is 0.0694. The van der Waals surface area contributed by atoms with Gasteiger partial charge in [0, 0.05) is 40.6 Å². The average Bonchev–Trinajstić information content (AvgIpc) is 2.72. The molecule has 0 fully saturated rings. The van der Waals surface area contributed by atoms with Crippen molar-refractivity contribution in [3.05, 3.63) is 105 Å². The summed E-state index contributed by atoms with van der Waals surface area (Å²) in [6.45, 7) is 1.97. The molecule has 1 unspecified atom stereocenters. The number of non-ortho nitro benzene ring substituents is 1. The number of benzene rings is 3. The summed E-state index contributed by atoms with van der Waals surface area (Å²) in [4.78, 5) is 36.5. The van der Waals surface area contributed by atoms with Crippen LogP contribution < -0.4 is 5.32 Å². The molecule has 28 heavy (non-hydrogen) atoms. The van der Waals surface area contributed by atoms with Gasteiger partial charge in [0.15, 0.2) is 11.6 Å². The second-order valence-corrected chi connectivity index (χ2v) is 6.65. The predicted octanol–water partition coefficient (Wildman–Crippen LogP) is 4.54. The molecule has 1 aliphatic carbocycles. The van der Waals surface area contributed by atoms with Gasteiger partial charge < -0.3 is 5.32 Å². The van der Waals surface area contributed by atoms with Crippen molar-refractivity contribution < 1.29 is 14.5 Å². The van der Waals surface area contributed by atoms with Crippen LogP contribution in [-0.2, 0) is 0 Å². The van der Waals surface area contributed by atoms with E-state index in [0.29, 0.717) is 11.3 Å². The van der Waals surface area contributed by atoms with Crippen LogP contribution in [0.3, 0.4) is 0 Å². The number of nitrogens with zero attached hydrogens (tertiary/aromatic N) is 1. The van der Waals surface area contributed by atoms with Gasteiger partial charge in [-0.05, 0) is 24.6 Å². The maximum Gasteiger partial charge on any atom is 0.270 e. The highest BCUT2D eigenvalue weighted by Gasteiger charge is 2.33.